The van der Waals surface area contributed by atoms with Gasteiger partial charge in [0.2, 0.25) is 5.76 Å². The van der Waals surface area contributed by atoms with Gasteiger partial charge in [-0.15, -0.1) is 0 Å². The van der Waals surface area contributed by atoms with Crippen molar-refractivity contribution in [1.29, 1.82) is 5.26 Å². The van der Waals surface area contributed by atoms with Gasteiger partial charge >= 0.3 is 0 Å². The first-order valence-electron chi connectivity index (χ1n) is 6.17. The maximum atomic E-state index is 14.0. The number of para-hydroxylation sites is 2. The molecule has 2 aromatic carbocycles. The predicted octanol–water partition coefficient (Wildman–Crippen LogP) is 5.13. The molecule has 1 heterocycles. The number of furan rings is 1. The van der Waals surface area contributed by atoms with Crippen molar-refractivity contribution in [2.45, 2.75) is 5.33 Å². The van der Waals surface area contributed by atoms with Crippen molar-refractivity contribution in [2.24, 2.45) is 0 Å². The first kappa shape index (κ1) is 13.7. The Labute approximate surface area is 128 Å². The smallest absolute Gasteiger partial charge is 0.247 e. The van der Waals surface area contributed by atoms with Crippen LogP contribution in [0.4, 0.5) is 4.39 Å². The van der Waals surface area contributed by atoms with Gasteiger partial charge in [0.1, 0.15) is 11.7 Å². The van der Waals surface area contributed by atoms with E-state index in [-0.39, 0.29) is 17.3 Å². The van der Waals surface area contributed by atoms with Crippen molar-refractivity contribution in [1.82, 2.24) is 0 Å². The molecular formula is C16H9BrFNO2. The highest BCUT2D eigenvalue weighted by Crippen LogP contribution is 2.38. The van der Waals surface area contributed by atoms with E-state index in [1.54, 1.807) is 36.4 Å². The molecule has 3 aromatic rings. The fraction of sp³-hybridized carbons (Fsp3) is 0.0625. The average molecular weight is 346 g/mol. The zero-order chi connectivity index (χ0) is 14.8. The topological polar surface area (TPSA) is 46.2 Å². The quantitative estimate of drug-likeness (QED) is 0.618. The molecular weight excluding hydrogens is 337 g/mol. The van der Waals surface area contributed by atoms with Crippen molar-refractivity contribution in [3.63, 3.8) is 0 Å². The number of hydrogen-bond acceptors (Lipinski definition) is 3. The Bertz CT molecular complexity index is 851. The molecule has 0 aliphatic carbocycles. The number of ether oxygens (including phenoxy) is 1. The van der Waals surface area contributed by atoms with Crippen LogP contribution in [0, 0.1) is 17.1 Å². The Morgan fingerprint density at radius 2 is 1.95 bits per heavy atom. The summed E-state index contributed by atoms with van der Waals surface area (Å²) < 4.78 is 25.1. The molecule has 5 heteroatoms. The number of alkyl halides is 1. The average Bonchev–Trinajstić information content (AvgIpc) is 2.87. The van der Waals surface area contributed by atoms with Crippen molar-refractivity contribution < 1.29 is 13.5 Å². The predicted molar refractivity (Wildman–Crippen MR) is 80.0 cm³/mol. The van der Waals surface area contributed by atoms with E-state index >= 15 is 0 Å². The second kappa shape index (κ2) is 5.58. The van der Waals surface area contributed by atoms with Gasteiger partial charge in [0.15, 0.2) is 17.3 Å². The molecule has 0 unspecified atom stereocenters. The van der Waals surface area contributed by atoms with E-state index in [1.165, 1.54) is 6.07 Å². The molecule has 0 aliphatic rings. The monoisotopic (exact) mass is 345 g/mol. The lowest BCUT2D eigenvalue weighted by Gasteiger charge is -2.09. The highest BCUT2D eigenvalue weighted by atomic mass is 79.9. The minimum atomic E-state index is -0.485. The van der Waals surface area contributed by atoms with Crippen molar-refractivity contribution in [3.05, 3.63) is 59.6 Å². The maximum Gasteiger partial charge on any atom is 0.247 e. The molecule has 21 heavy (non-hydrogen) atoms. The molecule has 0 bridgehead atoms. The molecule has 0 aliphatic heterocycles. The molecule has 0 fully saturated rings. The zero-order valence-electron chi connectivity index (χ0n) is 10.8. The number of fused-ring (bicyclic) bond motifs is 1. The summed E-state index contributed by atoms with van der Waals surface area (Å²) in [6.45, 7) is 0. The minimum Gasteiger partial charge on any atom is -0.448 e. The highest BCUT2D eigenvalue weighted by molar-refractivity contribution is 9.08. The first-order chi connectivity index (χ1) is 10.2. The number of nitrogens with zero attached hydrogens (tertiary/aromatic N) is 1. The second-order valence-electron chi connectivity index (χ2n) is 4.33. The molecule has 0 amide bonds. The van der Waals surface area contributed by atoms with Crippen LogP contribution in [0.2, 0.25) is 0 Å². The summed E-state index contributed by atoms with van der Waals surface area (Å²) in [7, 11) is 0. The Hall–Kier alpha value is -2.32. The minimum absolute atomic E-state index is 0.0278. The standard InChI is InChI=1S/C16H9BrFNO2/c17-8-10-4-3-6-12(18)15(10)21-16-11-5-1-2-7-13(11)20-14(16)9-19/h1-7H,8H2. The summed E-state index contributed by atoms with van der Waals surface area (Å²) in [6, 6.07) is 13.7. The van der Waals surface area contributed by atoms with Gasteiger partial charge in [-0.3, -0.25) is 0 Å². The fourth-order valence-electron chi connectivity index (χ4n) is 2.07. The summed E-state index contributed by atoms with van der Waals surface area (Å²) >= 11 is 3.30. The van der Waals surface area contributed by atoms with Crippen LogP contribution in [-0.4, -0.2) is 0 Å². The van der Waals surface area contributed by atoms with E-state index in [0.29, 0.717) is 21.9 Å². The van der Waals surface area contributed by atoms with E-state index in [9.17, 15) is 4.39 Å². The molecule has 0 N–H and O–H groups in total. The second-order valence-corrected chi connectivity index (χ2v) is 4.89. The summed E-state index contributed by atoms with van der Waals surface area (Å²) in [6.07, 6.45) is 0. The number of nitriles is 1. The zero-order valence-corrected chi connectivity index (χ0v) is 12.4. The van der Waals surface area contributed by atoms with Crippen LogP contribution >= 0.6 is 15.9 Å². The lowest BCUT2D eigenvalue weighted by Crippen LogP contribution is -1.94. The Morgan fingerprint density at radius 3 is 2.71 bits per heavy atom. The summed E-state index contributed by atoms with van der Waals surface area (Å²) in [5, 5.41) is 10.2. The number of rotatable bonds is 3. The van der Waals surface area contributed by atoms with Gasteiger partial charge in [0.25, 0.3) is 0 Å². The molecule has 1 aromatic heterocycles. The van der Waals surface area contributed by atoms with Crippen LogP contribution in [0.25, 0.3) is 11.0 Å². The van der Waals surface area contributed by atoms with Crippen LogP contribution in [-0.2, 0) is 5.33 Å². The number of halogens is 2. The summed E-state index contributed by atoms with van der Waals surface area (Å²) in [5.41, 5.74) is 1.19. The van der Waals surface area contributed by atoms with Gasteiger partial charge in [-0.1, -0.05) is 40.2 Å². The molecule has 3 rings (SSSR count). The van der Waals surface area contributed by atoms with Crippen LogP contribution in [0.15, 0.2) is 46.9 Å². The van der Waals surface area contributed by atoms with Crippen LogP contribution in [0.5, 0.6) is 11.5 Å². The third-order valence-corrected chi connectivity index (χ3v) is 3.65. The van der Waals surface area contributed by atoms with Gasteiger partial charge in [-0.05, 0) is 18.2 Å². The largest absolute Gasteiger partial charge is 0.448 e. The Kier molecular flexibility index (Phi) is 3.63. The van der Waals surface area contributed by atoms with Crippen molar-refractivity contribution in [2.75, 3.05) is 0 Å². The van der Waals surface area contributed by atoms with Crippen molar-refractivity contribution >= 4 is 26.9 Å². The summed E-state index contributed by atoms with van der Waals surface area (Å²) in [4.78, 5) is 0. The van der Waals surface area contributed by atoms with Gasteiger partial charge in [0.05, 0.1) is 5.39 Å². The lowest BCUT2D eigenvalue weighted by atomic mass is 10.2. The SMILES string of the molecule is N#Cc1oc2ccccc2c1Oc1c(F)cccc1CBr. The van der Waals surface area contributed by atoms with Gasteiger partial charge in [0, 0.05) is 10.9 Å². The summed E-state index contributed by atoms with van der Waals surface area (Å²) in [5.74, 6) is -0.126. The molecule has 0 spiro atoms. The van der Waals surface area contributed by atoms with Crippen molar-refractivity contribution in [3.8, 4) is 17.6 Å². The fourth-order valence-corrected chi connectivity index (χ4v) is 2.51. The van der Waals surface area contributed by atoms with E-state index in [2.05, 4.69) is 15.9 Å². The lowest BCUT2D eigenvalue weighted by molar-refractivity contribution is 0.430. The molecule has 0 saturated heterocycles. The molecule has 3 nitrogen and oxygen atoms in total. The maximum absolute atomic E-state index is 14.0. The van der Waals surface area contributed by atoms with Gasteiger partial charge < -0.3 is 9.15 Å². The molecule has 104 valence electrons. The Balaban J connectivity index is 2.17. The van der Waals surface area contributed by atoms with Crippen LogP contribution < -0.4 is 4.74 Å². The van der Waals surface area contributed by atoms with E-state index < -0.39 is 5.82 Å². The normalized spacial score (nSPS) is 10.5. The Morgan fingerprint density at radius 1 is 1.14 bits per heavy atom. The van der Waals surface area contributed by atoms with E-state index in [4.69, 9.17) is 14.4 Å². The first-order valence-corrected chi connectivity index (χ1v) is 7.29. The van der Waals surface area contributed by atoms with Gasteiger partial charge in [-0.25, -0.2) is 4.39 Å². The molecule has 0 saturated carbocycles. The van der Waals surface area contributed by atoms with E-state index in [0.717, 1.165) is 0 Å². The number of hydrogen-bond donors (Lipinski definition) is 0. The molecule has 0 radical (unpaired) electrons. The highest BCUT2D eigenvalue weighted by Gasteiger charge is 2.19. The molecule has 0 atom stereocenters. The number of benzene rings is 2. The van der Waals surface area contributed by atoms with Gasteiger partial charge in [-0.2, -0.15) is 5.26 Å². The van der Waals surface area contributed by atoms with Crippen LogP contribution in [0.3, 0.4) is 0 Å². The third kappa shape index (κ3) is 2.39. The van der Waals surface area contributed by atoms with Crippen LogP contribution in [0.1, 0.15) is 11.3 Å². The van der Waals surface area contributed by atoms with E-state index in [1.807, 2.05) is 6.07 Å². The third-order valence-electron chi connectivity index (χ3n) is 3.05.